The van der Waals surface area contributed by atoms with Gasteiger partial charge in [-0.25, -0.2) is 4.98 Å². The average molecular weight is 441 g/mol. The lowest BCUT2D eigenvalue weighted by molar-refractivity contribution is 0.573. The largest absolute Gasteiger partial charge is 0.367 e. The second kappa shape index (κ2) is 10.3. The Morgan fingerprint density at radius 3 is 2.58 bits per heavy atom. The van der Waals surface area contributed by atoms with Crippen LogP contribution in [0.3, 0.4) is 0 Å². The van der Waals surface area contributed by atoms with E-state index in [1.54, 1.807) is 18.2 Å². The minimum absolute atomic E-state index is 0.0140. The first-order valence-electron chi connectivity index (χ1n) is 11.6. The molecule has 1 aliphatic rings. The van der Waals surface area contributed by atoms with Crippen LogP contribution in [-0.2, 0) is 6.54 Å². The van der Waals surface area contributed by atoms with Crippen LogP contribution in [-0.4, -0.2) is 29.2 Å². The number of rotatable bonds is 8. The summed E-state index contributed by atoms with van der Waals surface area (Å²) in [5.74, 6) is 1.70. The molecule has 0 bridgehead atoms. The lowest BCUT2D eigenvalue weighted by Gasteiger charge is -2.29. The number of allylic oxidation sites excluding steroid dienone is 2. The van der Waals surface area contributed by atoms with E-state index in [0.717, 1.165) is 47.1 Å². The van der Waals surface area contributed by atoms with Crippen LogP contribution in [0.25, 0.3) is 11.0 Å². The number of nitrogens with one attached hydrogen (secondary N) is 1. The summed E-state index contributed by atoms with van der Waals surface area (Å²) in [5.41, 5.74) is 3.83. The molecule has 1 aromatic carbocycles. The van der Waals surface area contributed by atoms with Gasteiger partial charge in [0.05, 0.1) is 11.9 Å². The monoisotopic (exact) mass is 440 g/mol. The minimum Gasteiger partial charge on any atom is -0.367 e. The molecule has 0 atom stereocenters. The number of fused-ring (bicyclic) bond motifs is 1. The normalized spacial score (nSPS) is 14.3. The number of hydrogen-bond acceptors (Lipinski definition) is 4. The number of anilines is 2. The maximum atomic E-state index is 13.2. The van der Waals surface area contributed by atoms with Gasteiger partial charge in [0.1, 0.15) is 17.3 Å². The molecule has 0 spiro atoms. The van der Waals surface area contributed by atoms with Gasteiger partial charge in [-0.15, -0.1) is 0 Å². The van der Waals surface area contributed by atoms with Crippen molar-refractivity contribution in [1.82, 2.24) is 9.55 Å². The maximum Gasteiger partial charge on any atom is 0.193 e. The first-order chi connectivity index (χ1) is 16.1. The van der Waals surface area contributed by atoms with E-state index in [-0.39, 0.29) is 5.43 Å². The summed E-state index contributed by atoms with van der Waals surface area (Å²) in [4.78, 5) is 20.6. The highest BCUT2D eigenvalue weighted by Gasteiger charge is 2.18. The van der Waals surface area contributed by atoms with E-state index in [2.05, 4.69) is 46.1 Å². The lowest BCUT2D eigenvalue weighted by Crippen LogP contribution is -2.30. The lowest BCUT2D eigenvalue weighted by atomic mass is 10.1. The van der Waals surface area contributed by atoms with Crippen LogP contribution in [0.1, 0.15) is 30.4 Å². The molecule has 0 amide bonds. The average Bonchev–Trinajstić information content (AvgIpc) is 2.84. The van der Waals surface area contributed by atoms with Crippen molar-refractivity contribution in [2.45, 2.75) is 32.7 Å². The van der Waals surface area contributed by atoms with Gasteiger partial charge in [-0.1, -0.05) is 61.7 Å². The summed E-state index contributed by atoms with van der Waals surface area (Å²) in [7, 11) is 0. The first kappa shape index (κ1) is 22.6. The molecule has 0 unspecified atom stereocenters. The van der Waals surface area contributed by atoms with Crippen LogP contribution in [0.4, 0.5) is 11.6 Å². The van der Waals surface area contributed by atoms with Crippen LogP contribution in [0.15, 0.2) is 84.2 Å². The molecule has 170 valence electrons. The van der Waals surface area contributed by atoms with Crippen molar-refractivity contribution in [3.05, 3.63) is 101 Å². The number of pyridine rings is 2. The number of aryl methyl sites for hydroxylation is 1. The Labute approximate surface area is 195 Å². The highest BCUT2D eigenvalue weighted by atomic mass is 16.1. The molecule has 3 heterocycles. The van der Waals surface area contributed by atoms with Crippen molar-refractivity contribution >= 4 is 22.7 Å². The Balaban J connectivity index is 1.86. The smallest absolute Gasteiger partial charge is 0.193 e. The number of hydrogen-bond donors (Lipinski definition) is 1. The molecular weight excluding hydrogens is 408 g/mol. The van der Waals surface area contributed by atoms with Gasteiger partial charge >= 0.3 is 0 Å². The molecule has 5 heteroatoms. The molecule has 2 aromatic heterocycles. The first-order valence-corrected chi connectivity index (χ1v) is 11.6. The summed E-state index contributed by atoms with van der Waals surface area (Å²) in [6, 6.07) is 14.0. The van der Waals surface area contributed by atoms with Crippen molar-refractivity contribution in [3.8, 4) is 0 Å². The molecule has 1 N–H and O–H groups in total. The Hall–Kier alpha value is -3.60. The van der Waals surface area contributed by atoms with Gasteiger partial charge in [-0.05, 0) is 49.0 Å². The molecular formula is C28H32N4O. The number of piperidine rings is 1. The van der Waals surface area contributed by atoms with E-state index in [1.165, 1.54) is 19.3 Å². The Morgan fingerprint density at radius 2 is 1.88 bits per heavy atom. The van der Waals surface area contributed by atoms with Crippen LogP contribution in [0.5, 0.6) is 0 Å². The van der Waals surface area contributed by atoms with E-state index in [0.29, 0.717) is 18.5 Å². The molecule has 3 aromatic rings. The number of benzene rings is 1. The SMILES string of the molecule is C=C/C=C(\C=C)CNc1cc(=O)c2c(C)cc(N3CCCCC3)nc2n1Cc1ccccc1. The zero-order valence-corrected chi connectivity index (χ0v) is 19.4. The molecule has 0 saturated carbocycles. The molecule has 33 heavy (non-hydrogen) atoms. The van der Waals surface area contributed by atoms with Gasteiger partial charge in [0.2, 0.25) is 0 Å². The van der Waals surface area contributed by atoms with Gasteiger partial charge in [0.15, 0.2) is 5.43 Å². The fourth-order valence-electron chi connectivity index (χ4n) is 4.43. The van der Waals surface area contributed by atoms with E-state index in [4.69, 9.17) is 4.98 Å². The van der Waals surface area contributed by atoms with E-state index in [1.807, 2.05) is 31.2 Å². The van der Waals surface area contributed by atoms with E-state index in [9.17, 15) is 4.79 Å². The molecule has 0 aliphatic carbocycles. The summed E-state index contributed by atoms with van der Waals surface area (Å²) in [5, 5.41) is 4.13. The predicted molar refractivity (Wildman–Crippen MR) is 139 cm³/mol. The predicted octanol–water partition coefficient (Wildman–Crippen LogP) is 5.45. The third kappa shape index (κ3) is 5.08. The Morgan fingerprint density at radius 1 is 1.12 bits per heavy atom. The molecule has 1 fully saturated rings. The summed E-state index contributed by atoms with van der Waals surface area (Å²) in [6.07, 6.45) is 9.07. The quantitative estimate of drug-likeness (QED) is 0.473. The fraction of sp³-hybridized carbons (Fsp3) is 0.286. The minimum atomic E-state index is -0.0140. The molecule has 5 nitrogen and oxygen atoms in total. The van der Waals surface area contributed by atoms with Gasteiger partial charge in [-0.2, -0.15) is 0 Å². The number of nitrogens with zero attached hydrogens (tertiary/aromatic N) is 3. The van der Waals surface area contributed by atoms with E-state index < -0.39 is 0 Å². The highest BCUT2D eigenvalue weighted by Crippen LogP contribution is 2.26. The second-order valence-corrected chi connectivity index (χ2v) is 8.54. The van der Waals surface area contributed by atoms with Crippen LogP contribution >= 0.6 is 0 Å². The van der Waals surface area contributed by atoms with Gasteiger partial charge in [-0.3, -0.25) is 4.79 Å². The van der Waals surface area contributed by atoms with Gasteiger partial charge in [0.25, 0.3) is 0 Å². The van der Waals surface area contributed by atoms with Crippen LogP contribution in [0.2, 0.25) is 0 Å². The Bertz CT molecular complexity index is 1230. The van der Waals surface area contributed by atoms with Gasteiger partial charge < -0.3 is 14.8 Å². The fourth-order valence-corrected chi connectivity index (χ4v) is 4.43. The van der Waals surface area contributed by atoms with Crippen molar-refractivity contribution in [3.63, 3.8) is 0 Å². The standard InChI is InChI=1S/C28H32N4O/c1-4-12-22(5-2)19-29-25-18-24(33)27-21(3)17-26(31-15-10-7-11-16-31)30-28(27)32(25)20-23-13-8-6-9-14-23/h4-6,8-9,12-14,17-18,29H,1-2,7,10-11,15-16,19-20H2,3H3/b22-12+. The molecule has 1 saturated heterocycles. The zero-order valence-electron chi connectivity index (χ0n) is 19.4. The third-order valence-corrected chi connectivity index (χ3v) is 6.18. The summed E-state index contributed by atoms with van der Waals surface area (Å²) >= 11 is 0. The Kier molecular flexibility index (Phi) is 7.08. The molecule has 1 aliphatic heterocycles. The highest BCUT2D eigenvalue weighted by molar-refractivity contribution is 5.83. The van der Waals surface area contributed by atoms with Gasteiger partial charge in [0, 0.05) is 25.7 Å². The topological polar surface area (TPSA) is 50.2 Å². The van der Waals surface area contributed by atoms with Crippen molar-refractivity contribution < 1.29 is 0 Å². The van der Waals surface area contributed by atoms with Crippen LogP contribution in [0, 0.1) is 6.92 Å². The van der Waals surface area contributed by atoms with E-state index >= 15 is 0 Å². The molecule has 4 rings (SSSR count). The zero-order chi connectivity index (χ0) is 23.2. The molecule has 0 radical (unpaired) electrons. The maximum absolute atomic E-state index is 13.2. The second-order valence-electron chi connectivity index (χ2n) is 8.54. The van der Waals surface area contributed by atoms with Crippen molar-refractivity contribution in [2.75, 3.05) is 29.9 Å². The third-order valence-electron chi connectivity index (χ3n) is 6.18. The summed E-state index contributed by atoms with van der Waals surface area (Å²) < 4.78 is 2.13. The number of aromatic nitrogens is 2. The summed E-state index contributed by atoms with van der Waals surface area (Å²) in [6.45, 7) is 12.8. The van der Waals surface area contributed by atoms with Crippen molar-refractivity contribution in [2.24, 2.45) is 0 Å². The van der Waals surface area contributed by atoms with Crippen molar-refractivity contribution in [1.29, 1.82) is 0 Å². The van der Waals surface area contributed by atoms with Crippen LogP contribution < -0.4 is 15.6 Å².